The van der Waals surface area contributed by atoms with Crippen molar-refractivity contribution < 1.29 is 4.79 Å². The summed E-state index contributed by atoms with van der Waals surface area (Å²) in [4.78, 5) is 27.2. The van der Waals surface area contributed by atoms with E-state index in [4.69, 9.17) is 0 Å². The minimum absolute atomic E-state index is 0.0254. The van der Waals surface area contributed by atoms with Crippen LogP contribution in [0.4, 0.5) is 5.69 Å². The summed E-state index contributed by atoms with van der Waals surface area (Å²) in [6, 6.07) is 1.72. The van der Waals surface area contributed by atoms with Gasteiger partial charge in [-0.25, -0.2) is 0 Å². The van der Waals surface area contributed by atoms with Crippen molar-refractivity contribution in [3.05, 3.63) is 28.2 Å². The van der Waals surface area contributed by atoms with E-state index in [2.05, 4.69) is 17.6 Å². The number of amides is 1. The van der Waals surface area contributed by atoms with Gasteiger partial charge in [-0.2, -0.15) is 12.6 Å². The number of aromatic amines is 1. The van der Waals surface area contributed by atoms with Gasteiger partial charge in [-0.15, -0.1) is 0 Å². The van der Waals surface area contributed by atoms with Crippen molar-refractivity contribution in [2.75, 3.05) is 11.4 Å². The van der Waals surface area contributed by atoms with Crippen LogP contribution in [0.2, 0.25) is 0 Å². The predicted octanol–water partition coefficient (Wildman–Crippen LogP) is 0.718. The highest BCUT2D eigenvalue weighted by atomic mass is 32.1. The first-order valence-corrected chi connectivity index (χ1v) is 5.27. The number of pyridine rings is 1. The molecule has 1 aliphatic rings. The molecule has 0 aliphatic carbocycles. The summed E-state index contributed by atoms with van der Waals surface area (Å²) in [5, 5.41) is 0.0254. The first-order chi connectivity index (χ1) is 7.08. The molecule has 0 radical (unpaired) electrons. The second kappa shape index (κ2) is 3.73. The number of rotatable bonds is 1. The maximum absolute atomic E-state index is 11.6. The maximum Gasteiger partial charge on any atom is 0.271 e. The van der Waals surface area contributed by atoms with Crippen LogP contribution in [-0.4, -0.2) is 22.7 Å². The molecule has 0 aromatic carbocycles. The molecule has 2 heterocycles. The molecule has 1 aromatic rings. The van der Waals surface area contributed by atoms with E-state index in [1.54, 1.807) is 12.3 Å². The molecule has 0 bridgehead atoms. The zero-order valence-corrected chi connectivity index (χ0v) is 9.25. The van der Waals surface area contributed by atoms with Crippen molar-refractivity contribution in [3.63, 3.8) is 0 Å². The van der Waals surface area contributed by atoms with Crippen LogP contribution in [0.25, 0.3) is 0 Å². The Labute approximate surface area is 92.7 Å². The minimum Gasteiger partial charge on any atom is -0.327 e. The largest absolute Gasteiger partial charge is 0.327 e. The van der Waals surface area contributed by atoms with Crippen LogP contribution in [0.1, 0.15) is 12.0 Å². The highest BCUT2D eigenvalue weighted by molar-refractivity contribution is 7.81. The number of aryl methyl sites for hydroxylation is 1. The van der Waals surface area contributed by atoms with Gasteiger partial charge in [0.25, 0.3) is 5.56 Å². The van der Waals surface area contributed by atoms with Gasteiger partial charge < -0.3 is 9.88 Å². The number of thiol groups is 1. The van der Waals surface area contributed by atoms with Gasteiger partial charge in [0.15, 0.2) is 0 Å². The van der Waals surface area contributed by atoms with Crippen LogP contribution in [-0.2, 0) is 4.79 Å². The summed E-state index contributed by atoms with van der Waals surface area (Å²) in [5.41, 5.74) is 1.13. The van der Waals surface area contributed by atoms with E-state index in [0.29, 0.717) is 18.7 Å². The fourth-order valence-corrected chi connectivity index (χ4v) is 2.02. The third kappa shape index (κ3) is 1.92. The Hall–Kier alpha value is -1.23. The molecule has 0 saturated carbocycles. The molecule has 1 amide bonds. The Bertz CT molecular complexity index is 455. The summed E-state index contributed by atoms with van der Waals surface area (Å²) in [5.74, 6) is -0.0360. The molecular formula is C10H12N2O2S. The minimum atomic E-state index is -0.226. The normalized spacial score (nSPS) is 21.1. The highest BCUT2D eigenvalue weighted by Crippen LogP contribution is 2.21. The first-order valence-electron chi connectivity index (χ1n) is 4.75. The van der Waals surface area contributed by atoms with Gasteiger partial charge in [0, 0.05) is 24.4 Å². The molecule has 5 heteroatoms. The van der Waals surface area contributed by atoms with Gasteiger partial charge in [-0.3, -0.25) is 9.59 Å². The van der Waals surface area contributed by atoms with Gasteiger partial charge in [-0.1, -0.05) is 0 Å². The molecule has 1 aromatic heterocycles. The van der Waals surface area contributed by atoms with Crippen molar-refractivity contribution in [2.24, 2.45) is 0 Å². The van der Waals surface area contributed by atoms with Crippen LogP contribution < -0.4 is 10.5 Å². The molecule has 1 fully saturated rings. The SMILES string of the molecule is Cc1c[nH]c(=O)c(N2CC(S)CC2=O)c1. The summed E-state index contributed by atoms with van der Waals surface area (Å²) < 4.78 is 0. The smallest absolute Gasteiger partial charge is 0.271 e. The van der Waals surface area contributed by atoms with E-state index >= 15 is 0 Å². The number of carbonyl (C=O) groups excluding carboxylic acids is 1. The standard InChI is InChI=1S/C10H12N2O2S/c1-6-2-8(10(14)11-4-6)12-5-7(15)3-9(12)13/h2,4,7,15H,3,5H2,1H3,(H,11,14). The molecule has 2 rings (SSSR count). The summed E-state index contributed by atoms with van der Waals surface area (Å²) in [7, 11) is 0. The predicted molar refractivity (Wildman–Crippen MR) is 61.5 cm³/mol. The third-order valence-electron chi connectivity index (χ3n) is 2.42. The zero-order valence-electron chi connectivity index (χ0n) is 8.36. The fourth-order valence-electron chi connectivity index (χ4n) is 1.70. The topological polar surface area (TPSA) is 53.2 Å². The summed E-state index contributed by atoms with van der Waals surface area (Å²) in [6.07, 6.45) is 2.03. The lowest BCUT2D eigenvalue weighted by Gasteiger charge is -2.14. The van der Waals surface area contributed by atoms with Crippen molar-refractivity contribution in [1.82, 2.24) is 4.98 Å². The Kier molecular flexibility index (Phi) is 2.56. The molecule has 15 heavy (non-hydrogen) atoms. The number of H-pyrrole nitrogens is 1. The number of aromatic nitrogens is 1. The maximum atomic E-state index is 11.6. The Balaban J connectivity index is 2.41. The van der Waals surface area contributed by atoms with Gasteiger partial charge >= 0.3 is 0 Å². The highest BCUT2D eigenvalue weighted by Gasteiger charge is 2.29. The Morgan fingerprint density at radius 3 is 2.87 bits per heavy atom. The number of nitrogens with zero attached hydrogens (tertiary/aromatic N) is 1. The van der Waals surface area contributed by atoms with Crippen molar-refractivity contribution in [2.45, 2.75) is 18.6 Å². The molecule has 1 saturated heterocycles. The monoisotopic (exact) mass is 224 g/mol. The second-order valence-corrected chi connectivity index (χ2v) is 4.48. The van der Waals surface area contributed by atoms with Crippen LogP contribution in [0.5, 0.6) is 0 Å². The van der Waals surface area contributed by atoms with E-state index < -0.39 is 0 Å². The van der Waals surface area contributed by atoms with Gasteiger partial charge in [0.1, 0.15) is 5.69 Å². The molecular weight excluding hydrogens is 212 g/mol. The number of nitrogens with one attached hydrogen (secondary N) is 1. The van der Waals surface area contributed by atoms with Crippen LogP contribution in [0.3, 0.4) is 0 Å². The van der Waals surface area contributed by atoms with Gasteiger partial charge in [0.2, 0.25) is 5.91 Å². The van der Waals surface area contributed by atoms with E-state index in [-0.39, 0.29) is 16.7 Å². The van der Waals surface area contributed by atoms with Crippen molar-refractivity contribution in [3.8, 4) is 0 Å². The first kappa shape index (κ1) is 10.3. The molecule has 1 atom stereocenters. The number of carbonyl (C=O) groups is 1. The average Bonchev–Trinajstić information content (AvgIpc) is 2.50. The zero-order chi connectivity index (χ0) is 11.0. The molecule has 0 spiro atoms. The third-order valence-corrected chi connectivity index (χ3v) is 2.77. The van der Waals surface area contributed by atoms with Gasteiger partial charge in [-0.05, 0) is 18.6 Å². The van der Waals surface area contributed by atoms with E-state index in [1.165, 1.54) is 4.90 Å². The van der Waals surface area contributed by atoms with Crippen LogP contribution in [0, 0.1) is 6.92 Å². The molecule has 1 unspecified atom stereocenters. The Morgan fingerprint density at radius 1 is 1.53 bits per heavy atom. The lowest BCUT2D eigenvalue weighted by Crippen LogP contribution is -2.30. The van der Waals surface area contributed by atoms with Crippen LogP contribution >= 0.6 is 12.6 Å². The lowest BCUT2D eigenvalue weighted by atomic mass is 10.3. The average molecular weight is 224 g/mol. The van der Waals surface area contributed by atoms with E-state index in [9.17, 15) is 9.59 Å². The summed E-state index contributed by atoms with van der Waals surface area (Å²) in [6.45, 7) is 2.38. The second-order valence-electron chi connectivity index (χ2n) is 3.75. The quantitative estimate of drug-likeness (QED) is 0.691. The molecule has 80 valence electrons. The van der Waals surface area contributed by atoms with E-state index in [0.717, 1.165) is 5.56 Å². The molecule has 1 N–H and O–H groups in total. The fraction of sp³-hybridized carbons (Fsp3) is 0.400. The van der Waals surface area contributed by atoms with Crippen molar-refractivity contribution in [1.29, 1.82) is 0 Å². The number of hydrogen-bond donors (Lipinski definition) is 2. The molecule has 4 nitrogen and oxygen atoms in total. The molecule has 1 aliphatic heterocycles. The number of hydrogen-bond acceptors (Lipinski definition) is 3. The lowest BCUT2D eigenvalue weighted by molar-refractivity contribution is -0.117. The summed E-state index contributed by atoms with van der Waals surface area (Å²) >= 11 is 4.25. The number of anilines is 1. The Morgan fingerprint density at radius 2 is 2.27 bits per heavy atom. The van der Waals surface area contributed by atoms with Gasteiger partial charge in [0.05, 0.1) is 0 Å². The van der Waals surface area contributed by atoms with Crippen LogP contribution in [0.15, 0.2) is 17.1 Å². The van der Waals surface area contributed by atoms with Crippen molar-refractivity contribution >= 4 is 24.2 Å². The van der Waals surface area contributed by atoms with E-state index in [1.807, 2.05) is 6.92 Å².